The molecular weight excluding hydrogens is 544 g/mol. The Labute approximate surface area is 255 Å². The molecule has 3 aromatic rings. The van der Waals surface area contributed by atoms with Crippen LogP contribution < -0.4 is 25.7 Å². The second kappa shape index (κ2) is 18.9. The second-order valence-corrected chi connectivity index (χ2v) is 10.3. The lowest BCUT2D eigenvalue weighted by molar-refractivity contribution is -0.128. The first-order chi connectivity index (χ1) is 20.9. The number of benzene rings is 3. The smallest absolute Gasteiger partial charge is 0.338 e. The Kier molecular flexibility index (Phi) is 14.5. The number of nitrogens with two attached hydrogens (primary N) is 2. The van der Waals surface area contributed by atoms with Gasteiger partial charge in [0, 0.05) is 17.5 Å². The van der Waals surface area contributed by atoms with Crippen LogP contribution in [0.3, 0.4) is 0 Å². The zero-order valence-electron chi connectivity index (χ0n) is 25.1. The maximum absolute atomic E-state index is 12.2. The Morgan fingerprint density at radius 3 is 1.77 bits per heavy atom. The van der Waals surface area contributed by atoms with Gasteiger partial charge in [0.15, 0.2) is 0 Å². The van der Waals surface area contributed by atoms with Gasteiger partial charge in [-0.2, -0.15) is 0 Å². The van der Waals surface area contributed by atoms with E-state index in [-0.39, 0.29) is 0 Å². The van der Waals surface area contributed by atoms with Crippen molar-refractivity contribution in [1.82, 2.24) is 0 Å². The number of esters is 2. The molecule has 8 heteroatoms. The first-order valence-electron chi connectivity index (χ1n) is 15.1. The van der Waals surface area contributed by atoms with Gasteiger partial charge in [-0.25, -0.2) is 9.59 Å². The van der Waals surface area contributed by atoms with Gasteiger partial charge >= 0.3 is 11.9 Å². The molecule has 0 saturated heterocycles. The van der Waals surface area contributed by atoms with Crippen LogP contribution in [0.2, 0.25) is 0 Å². The number of carbonyl (C=O) groups is 2. The highest BCUT2D eigenvalue weighted by Gasteiger charge is 2.08. The summed E-state index contributed by atoms with van der Waals surface area (Å²) < 4.78 is 22.2. The summed E-state index contributed by atoms with van der Waals surface area (Å²) in [5.41, 5.74) is 13.6. The third-order valence-corrected chi connectivity index (χ3v) is 6.60. The summed E-state index contributed by atoms with van der Waals surface area (Å²) in [6.07, 6.45) is 12.5. The molecule has 4 N–H and O–H groups in total. The van der Waals surface area contributed by atoms with Gasteiger partial charge in [-0.15, -0.1) is 0 Å². The van der Waals surface area contributed by atoms with Crippen LogP contribution in [0.15, 0.2) is 72.8 Å². The van der Waals surface area contributed by atoms with Crippen molar-refractivity contribution in [3.05, 3.63) is 83.9 Å². The zero-order chi connectivity index (χ0) is 30.7. The molecule has 0 amide bonds. The second-order valence-electron chi connectivity index (χ2n) is 10.3. The number of carbonyl (C=O) groups excluding carboxylic acids is 2. The van der Waals surface area contributed by atoms with Gasteiger partial charge in [0.25, 0.3) is 0 Å². The van der Waals surface area contributed by atoms with E-state index >= 15 is 0 Å². The van der Waals surface area contributed by atoms with E-state index < -0.39 is 11.9 Å². The fourth-order valence-corrected chi connectivity index (χ4v) is 4.28. The Balaban J connectivity index is 1.23. The molecule has 0 aliphatic carbocycles. The molecule has 0 atom stereocenters. The molecule has 0 fully saturated rings. The van der Waals surface area contributed by atoms with Gasteiger partial charge in [-0.3, -0.25) is 0 Å². The number of ether oxygens (including phenoxy) is 4. The minimum Gasteiger partial charge on any atom is -0.494 e. The van der Waals surface area contributed by atoms with Crippen molar-refractivity contribution in [3.8, 4) is 17.2 Å². The fraction of sp³-hybridized carbons (Fsp3) is 0.371. The van der Waals surface area contributed by atoms with Crippen molar-refractivity contribution < 1.29 is 28.5 Å². The Bertz CT molecular complexity index is 1270. The molecule has 0 heterocycles. The quantitative estimate of drug-likeness (QED) is 0.0482. The summed E-state index contributed by atoms with van der Waals surface area (Å²) in [6, 6.07) is 19.4. The van der Waals surface area contributed by atoms with Crippen LogP contribution in [0.4, 0.5) is 11.4 Å². The van der Waals surface area contributed by atoms with Crippen LogP contribution >= 0.6 is 0 Å². The average Bonchev–Trinajstić information content (AvgIpc) is 3.00. The van der Waals surface area contributed by atoms with E-state index in [2.05, 4.69) is 6.92 Å². The largest absolute Gasteiger partial charge is 0.494 e. The molecule has 43 heavy (non-hydrogen) atoms. The molecule has 0 unspecified atom stereocenters. The Morgan fingerprint density at radius 2 is 1.16 bits per heavy atom. The lowest BCUT2D eigenvalue weighted by Gasteiger charge is -2.08. The summed E-state index contributed by atoms with van der Waals surface area (Å²) in [5, 5.41) is 0. The van der Waals surface area contributed by atoms with Crippen molar-refractivity contribution >= 4 is 29.4 Å². The van der Waals surface area contributed by atoms with Gasteiger partial charge < -0.3 is 30.4 Å². The molecule has 0 saturated carbocycles. The van der Waals surface area contributed by atoms with Crippen LogP contribution in [0.25, 0.3) is 6.08 Å². The molecule has 0 aliphatic heterocycles. The number of rotatable bonds is 19. The molecule has 8 nitrogen and oxygen atoms in total. The maximum Gasteiger partial charge on any atom is 0.338 e. The normalized spacial score (nSPS) is 10.9. The Morgan fingerprint density at radius 1 is 0.651 bits per heavy atom. The van der Waals surface area contributed by atoms with Gasteiger partial charge in [0.1, 0.15) is 17.2 Å². The number of hydrogen-bond donors (Lipinski definition) is 2. The standard InChI is InChI=1S/C35H44N2O6/c1-2-3-4-8-21-41-32-16-18-33(19-17-32)43-34(38)20-13-27-11-14-31(15-12-27)40-22-9-6-5-7-10-23-42-35(39)28-24-29(36)26-30(37)25-28/h11-20,24-26H,2-10,21-23,36-37H2,1H3. The SMILES string of the molecule is CCCCCCOc1ccc(OC(=O)C=Cc2ccc(OCCCCCCCOC(=O)c3cc(N)cc(N)c3)cc2)cc1. The van der Waals surface area contributed by atoms with Gasteiger partial charge in [0.2, 0.25) is 0 Å². The third kappa shape index (κ3) is 13.4. The van der Waals surface area contributed by atoms with Crippen LogP contribution in [0.5, 0.6) is 17.2 Å². The first-order valence-corrected chi connectivity index (χ1v) is 15.1. The van der Waals surface area contributed by atoms with E-state index in [0.717, 1.165) is 55.6 Å². The molecule has 0 bridgehead atoms. The van der Waals surface area contributed by atoms with E-state index in [1.807, 2.05) is 36.4 Å². The molecule has 0 aliphatic rings. The van der Waals surface area contributed by atoms with Crippen LogP contribution in [-0.2, 0) is 9.53 Å². The topological polar surface area (TPSA) is 123 Å². The van der Waals surface area contributed by atoms with Crippen molar-refractivity contribution in [2.75, 3.05) is 31.3 Å². The zero-order valence-corrected chi connectivity index (χ0v) is 25.1. The highest BCUT2D eigenvalue weighted by atomic mass is 16.5. The predicted octanol–water partition coefficient (Wildman–Crippen LogP) is 7.62. The molecule has 3 rings (SSSR count). The van der Waals surface area contributed by atoms with Crippen LogP contribution in [0.1, 0.15) is 80.6 Å². The van der Waals surface area contributed by atoms with Gasteiger partial charge in [0.05, 0.1) is 25.4 Å². The number of anilines is 2. The molecule has 3 aromatic carbocycles. The number of unbranched alkanes of at least 4 members (excludes halogenated alkanes) is 7. The van der Waals surface area contributed by atoms with Gasteiger partial charge in [-0.1, -0.05) is 57.6 Å². The maximum atomic E-state index is 12.2. The lowest BCUT2D eigenvalue weighted by atomic mass is 10.1. The van der Waals surface area contributed by atoms with Crippen molar-refractivity contribution in [3.63, 3.8) is 0 Å². The minimum absolute atomic E-state index is 0.365. The molecule has 0 aromatic heterocycles. The van der Waals surface area contributed by atoms with E-state index in [1.54, 1.807) is 36.4 Å². The van der Waals surface area contributed by atoms with E-state index in [9.17, 15) is 9.59 Å². The first kappa shape index (κ1) is 33.0. The Hall–Kier alpha value is -4.46. The highest BCUT2D eigenvalue weighted by Crippen LogP contribution is 2.19. The molecule has 0 radical (unpaired) electrons. The summed E-state index contributed by atoms with van der Waals surface area (Å²) >= 11 is 0. The molecule has 0 spiro atoms. The summed E-state index contributed by atoms with van der Waals surface area (Å²) in [5.74, 6) is 1.17. The monoisotopic (exact) mass is 588 g/mol. The van der Waals surface area contributed by atoms with Crippen molar-refractivity contribution in [1.29, 1.82) is 0 Å². The summed E-state index contributed by atoms with van der Waals surface area (Å²) in [7, 11) is 0. The summed E-state index contributed by atoms with van der Waals surface area (Å²) in [4.78, 5) is 24.3. The fourth-order valence-electron chi connectivity index (χ4n) is 4.28. The van der Waals surface area contributed by atoms with E-state index in [0.29, 0.717) is 42.5 Å². The van der Waals surface area contributed by atoms with E-state index in [4.69, 9.17) is 30.4 Å². The minimum atomic E-state index is -0.446. The van der Waals surface area contributed by atoms with E-state index in [1.165, 1.54) is 25.3 Å². The molecular formula is C35H44N2O6. The molecule has 230 valence electrons. The number of hydrogen-bond acceptors (Lipinski definition) is 8. The van der Waals surface area contributed by atoms with Gasteiger partial charge in [-0.05, 0) is 85.5 Å². The lowest BCUT2D eigenvalue weighted by Crippen LogP contribution is -2.08. The van der Waals surface area contributed by atoms with Crippen molar-refractivity contribution in [2.24, 2.45) is 0 Å². The number of nitrogen functional groups attached to an aromatic ring is 2. The highest BCUT2D eigenvalue weighted by molar-refractivity contribution is 5.91. The average molecular weight is 589 g/mol. The van der Waals surface area contributed by atoms with Crippen molar-refractivity contribution in [2.45, 2.75) is 64.7 Å². The third-order valence-electron chi connectivity index (χ3n) is 6.60. The summed E-state index contributed by atoms with van der Waals surface area (Å²) in [6.45, 7) is 3.86. The van der Waals surface area contributed by atoms with Crippen LogP contribution in [-0.4, -0.2) is 31.8 Å². The van der Waals surface area contributed by atoms with Crippen LogP contribution in [0, 0.1) is 0 Å². The predicted molar refractivity (Wildman–Crippen MR) is 171 cm³/mol.